The van der Waals surface area contributed by atoms with Crippen molar-refractivity contribution >= 4 is 11.5 Å². The average molecular weight is 533 g/mol. The van der Waals surface area contributed by atoms with Gasteiger partial charge in [0, 0.05) is 38.3 Å². The molecule has 0 aromatic heterocycles. The predicted molar refractivity (Wildman–Crippen MR) is 150 cm³/mol. The smallest absolute Gasteiger partial charge is 0.174 e. The van der Waals surface area contributed by atoms with Gasteiger partial charge in [0.1, 0.15) is 40.4 Å². The largest absolute Gasteiger partial charge is 0.507 e. The second-order valence-electron chi connectivity index (χ2n) is 9.88. The van der Waals surface area contributed by atoms with Gasteiger partial charge in [0.05, 0.1) is 32.9 Å². The topological polar surface area (TPSA) is 80.7 Å². The van der Waals surface area contributed by atoms with Gasteiger partial charge in [-0.15, -0.1) is 0 Å². The highest BCUT2D eigenvalue weighted by atomic mass is 16.5. The Balaban J connectivity index is 1.09. The normalized spacial score (nSPS) is 17.3. The second kappa shape index (κ2) is 12.3. The fourth-order valence-electron chi connectivity index (χ4n) is 5.23. The average Bonchev–Trinajstić information content (AvgIpc) is 2.97. The first-order valence-corrected chi connectivity index (χ1v) is 13.5. The second-order valence-corrected chi connectivity index (χ2v) is 9.88. The highest BCUT2D eigenvalue weighted by Gasteiger charge is 2.31. The number of fused-ring (bicyclic) bond motifs is 1. The van der Waals surface area contributed by atoms with Gasteiger partial charge in [0.25, 0.3) is 0 Å². The number of aromatic hydroxyl groups is 1. The van der Waals surface area contributed by atoms with Gasteiger partial charge in [-0.05, 0) is 49.2 Å². The Kier molecular flexibility index (Phi) is 8.42. The molecule has 1 unspecified atom stereocenters. The molecule has 39 heavy (non-hydrogen) atoms. The Labute approximate surface area is 229 Å². The molecule has 0 aliphatic carbocycles. The maximum absolute atomic E-state index is 12.8. The van der Waals surface area contributed by atoms with E-state index in [9.17, 15) is 9.90 Å². The Morgan fingerprint density at radius 1 is 0.923 bits per heavy atom. The summed E-state index contributed by atoms with van der Waals surface area (Å²) in [5.74, 6) is 2.27. The summed E-state index contributed by atoms with van der Waals surface area (Å²) in [5, 5.41) is 10.5. The van der Waals surface area contributed by atoms with Gasteiger partial charge in [-0.25, -0.2) is 0 Å². The van der Waals surface area contributed by atoms with Crippen molar-refractivity contribution in [3.05, 3.63) is 71.8 Å². The molecule has 3 aromatic rings. The predicted octanol–water partition coefficient (Wildman–Crippen LogP) is 5.10. The lowest BCUT2D eigenvalue weighted by molar-refractivity contribution is 0.0844. The van der Waals surface area contributed by atoms with E-state index < -0.39 is 6.10 Å². The van der Waals surface area contributed by atoms with Crippen LogP contribution in [0.5, 0.6) is 28.7 Å². The van der Waals surface area contributed by atoms with Gasteiger partial charge in [-0.1, -0.05) is 24.3 Å². The monoisotopic (exact) mass is 532 g/mol. The molecule has 0 amide bonds. The van der Waals surface area contributed by atoms with Crippen LogP contribution in [-0.4, -0.2) is 69.3 Å². The summed E-state index contributed by atoms with van der Waals surface area (Å²) in [7, 11) is 3.33. The molecule has 2 aliphatic heterocycles. The lowest BCUT2D eigenvalue weighted by atomic mass is 9.95. The van der Waals surface area contributed by atoms with Crippen molar-refractivity contribution in [3.8, 4) is 28.7 Å². The maximum Gasteiger partial charge on any atom is 0.174 e. The van der Waals surface area contributed by atoms with Crippen LogP contribution in [0, 0.1) is 0 Å². The van der Waals surface area contributed by atoms with E-state index in [2.05, 4.69) is 21.9 Å². The van der Waals surface area contributed by atoms with E-state index in [0.717, 1.165) is 68.3 Å². The highest BCUT2D eigenvalue weighted by molar-refractivity contribution is 6.02. The first kappa shape index (κ1) is 26.7. The molecule has 1 N–H and O–H groups in total. The number of phenolic OH excluding ortho intramolecular Hbond substituents is 1. The Morgan fingerprint density at radius 2 is 1.69 bits per heavy atom. The van der Waals surface area contributed by atoms with Gasteiger partial charge in [0.2, 0.25) is 0 Å². The van der Waals surface area contributed by atoms with Crippen molar-refractivity contribution < 1.29 is 28.8 Å². The number of carbonyl (C=O) groups excluding carboxylic acids is 1. The molecular weight excluding hydrogens is 496 g/mol. The van der Waals surface area contributed by atoms with Gasteiger partial charge < -0.3 is 29.0 Å². The van der Waals surface area contributed by atoms with Crippen LogP contribution in [0.25, 0.3) is 0 Å². The molecule has 0 spiro atoms. The molecule has 1 fully saturated rings. The van der Waals surface area contributed by atoms with Crippen molar-refractivity contribution in [2.45, 2.75) is 25.4 Å². The minimum Gasteiger partial charge on any atom is -0.507 e. The fourth-order valence-corrected chi connectivity index (χ4v) is 5.23. The number of rotatable bonds is 10. The number of methoxy groups -OCH3 is 2. The number of benzene rings is 3. The van der Waals surface area contributed by atoms with Gasteiger partial charge in [-0.2, -0.15) is 0 Å². The summed E-state index contributed by atoms with van der Waals surface area (Å²) in [6.07, 6.45) is 1.65. The van der Waals surface area contributed by atoms with Crippen LogP contribution in [0.3, 0.4) is 0 Å². The molecule has 0 bridgehead atoms. The highest BCUT2D eigenvalue weighted by Crippen LogP contribution is 2.42. The van der Waals surface area contributed by atoms with E-state index in [1.807, 2.05) is 36.4 Å². The van der Waals surface area contributed by atoms with Crippen molar-refractivity contribution in [3.63, 3.8) is 0 Å². The first-order valence-electron chi connectivity index (χ1n) is 13.5. The molecule has 3 aromatic carbocycles. The number of nitrogens with zero attached hydrogens (tertiary/aromatic N) is 2. The van der Waals surface area contributed by atoms with Crippen molar-refractivity contribution in [2.75, 3.05) is 58.5 Å². The molecule has 1 saturated heterocycles. The summed E-state index contributed by atoms with van der Waals surface area (Å²) in [6, 6.07) is 18.9. The third kappa shape index (κ3) is 6.23. The summed E-state index contributed by atoms with van der Waals surface area (Å²) in [5.41, 5.74) is 2.26. The molecule has 1 atom stereocenters. The third-order valence-electron chi connectivity index (χ3n) is 7.40. The van der Waals surface area contributed by atoms with Gasteiger partial charge in [0.15, 0.2) is 5.78 Å². The van der Waals surface area contributed by atoms with Gasteiger partial charge >= 0.3 is 0 Å². The van der Waals surface area contributed by atoms with Crippen LogP contribution in [0.15, 0.2) is 60.7 Å². The molecule has 0 radical (unpaired) electrons. The zero-order valence-corrected chi connectivity index (χ0v) is 22.6. The fraction of sp³-hybridized carbons (Fsp3) is 0.387. The number of ketones is 1. The molecule has 2 aliphatic rings. The van der Waals surface area contributed by atoms with Crippen molar-refractivity contribution in [1.29, 1.82) is 0 Å². The minimum atomic E-state index is -0.422. The van der Waals surface area contributed by atoms with E-state index >= 15 is 0 Å². The van der Waals surface area contributed by atoms with Crippen LogP contribution in [0.4, 0.5) is 5.69 Å². The first-order chi connectivity index (χ1) is 19.1. The zero-order valence-electron chi connectivity index (χ0n) is 22.6. The lowest BCUT2D eigenvalue weighted by Gasteiger charge is -2.36. The van der Waals surface area contributed by atoms with E-state index in [1.165, 1.54) is 6.07 Å². The van der Waals surface area contributed by atoms with E-state index in [0.29, 0.717) is 18.1 Å². The van der Waals surface area contributed by atoms with E-state index in [1.54, 1.807) is 20.3 Å². The Morgan fingerprint density at radius 3 is 2.44 bits per heavy atom. The number of phenols is 1. The Bertz CT molecular complexity index is 1270. The quantitative estimate of drug-likeness (QED) is 0.362. The van der Waals surface area contributed by atoms with Crippen LogP contribution < -0.4 is 23.8 Å². The number of anilines is 1. The SMILES string of the molecule is COc1ccc(C2CC(=O)c3c(O)cc(OCCCCN4CCN(c5ccccc5OC)CC4)cc3O2)cc1. The summed E-state index contributed by atoms with van der Waals surface area (Å²) in [6.45, 7) is 5.51. The lowest BCUT2D eigenvalue weighted by Crippen LogP contribution is -2.46. The number of hydrogen-bond acceptors (Lipinski definition) is 8. The third-order valence-corrected chi connectivity index (χ3v) is 7.40. The van der Waals surface area contributed by atoms with Crippen LogP contribution >= 0.6 is 0 Å². The van der Waals surface area contributed by atoms with Crippen LogP contribution in [-0.2, 0) is 0 Å². The van der Waals surface area contributed by atoms with Crippen molar-refractivity contribution in [2.24, 2.45) is 0 Å². The molecule has 2 heterocycles. The summed E-state index contributed by atoms with van der Waals surface area (Å²) in [4.78, 5) is 17.7. The van der Waals surface area contributed by atoms with Crippen LogP contribution in [0.1, 0.15) is 41.3 Å². The van der Waals surface area contributed by atoms with Crippen LogP contribution in [0.2, 0.25) is 0 Å². The number of para-hydroxylation sites is 2. The molecule has 8 nitrogen and oxygen atoms in total. The molecule has 5 rings (SSSR count). The number of Topliss-reactive ketones (excluding diaryl/α,β-unsaturated/α-hetero) is 1. The number of unbranched alkanes of at least 4 members (excludes halogenated alkanes) is 1. The molecule has 206 valence electrons. The molecule has 0 saturated carbocycles. The molecular formula is C31H36N2O6. The summed E-state index contributed by atoms with van der Waals surface area (Å²) >= 11 is 0. The maximum atomic E-state index is 12.8. The number of ether oxygens (including phenoxy) is 4. The number of carbonyl (C=O) groups is 1. The zero-order chi connectivity index (χ0) is 27.2. The number of hydrogen-bond donors (Lipinski definition) is 1. The minimum absolute atomic E-state index is 0.103. The standard InChI is InChI=1S/C31H36N2O6/c1-36-23-11-9-22(10-12-23)29-21-27(35)31-26(34)19-24(20-30(31)39-29)38-18-6-5-13-32-14-16-33(17-15-32)25-7-3-4-8-28(25)37-2/h3-4,7-12,19-20,29,34H,5-6,13-18,21H2,1-2H3. The Hall–Kier alpha value is -3.91. The number of piperazine rings is 1. The van der Waals surface area contributed by atoms with E-state index in [4.69, 9.17) is 18.9 Å². The van der Waals surface area contributed by atoms with E-state index in [-0.39, 0.29) is 23.5 Å². The van der Waals surface area contributed by atoms with Gasteiger partial charge in [-0.3, -0.25) is 9.69 Å². The molecule has 8 heteroatoms. The summed E-state index contributed by atoms with van der Waals surface area (Å²) < 4.78 is 22.8. The van der Waals surface area contributed by atoms with Crippen molar-refractivity contribution in [1.82, 2.24) is 4.90 Å².